The lowest BCUT2D eigenvalue weighted by atomic mass is 10.1. The Hall–Kier alpha value is -1.69. The number of carbonyl (C=O) groups is 1. The van der Waals surface area contributed by atoms with Crippen LogP contribution in [0.1, 0.15) is 37.4 Å². The van der Waals surface area contributed by atoms with Gasteiger partial charge in [0.1, 0.15) is 0 Å². The molecule has 0 radical (unpaired) electrons. The minimum atomic E-state index is 0.0748. The average molecular weight is 276 g/mol. The molecule has 1 aliphatic carbocycles. The summed E-state index contributed by atoms with van der Waals surface area (Å²) in [5.41, 5.74) is 1.14. The van der Waals surface area contributed by atoms with Crippen molar-refractivity contribution in [3.05, 3.63) is 17.8 Å². The van der Waals surface area contributed by atoms with E-state index in [1.165, 1.54) is 0 Å². The zero-order valence-corrected chi connectivity index (χ0v) is 11.8. The van der Waals surface area contributed by atoms with E-state index in [0.717, 1.165) is 37.9 Å². The van der Waals surface area contributed by atoms with Crippen molar-refractivity contribution in [2.45, 2.75) is 38.1 Å². The summed E-state index contributed by atoms with van der Waals surface area (Å²) >= 11 is 0. The molecule has 20 heavy (non-hydrogen) atoms. The van der Waals surface area contributed by atoms with Gasteiger partial charge in [-0.1, -0.05) is 11.2 Å². The number of aryl methyl sites for hydroxylation is 1. The Kier molecular flexibility index (Phi) is 3.82. The van der Waals surface area contributed by atoms with E-state index in [9.17, 15) is 4.79 Å². The van der Waals surface area contributed by atoms with Crippen LogP contribution < -0.4 is 5.32 Å². The van der Waals surface area contributed by atoms with E-state index in [0.29, 0.717) is 30.6 Å². The third-order valence-electron chi connectivity index (χ3n) is 3.68. The molecule has 0 aromatic carbocycles. The summed E-state index contributed by atoms with van der Waals surface area (Å²) in [6.45, 7) is 1.93. The second-order valence-corrected chi connectivity index (χ2v) is 5.60. The first kappa shape index (κ1) is 13.3. The Balaban J connectivity index is 1.52. The monoisotopic (exact) mass is 276 g/mol. The smallest absolute Gasteiger partial charge is 0.227 e. The highest BCUT2D eigenvalue weighted by atomic mass is 16.5. The van der Waals surface area contributed by atoms with Gasteiger partial charge in [-0.2, -0.15) is 4.98 Å². The number of amides is 1. The van der Waals surface area contributed by atoms with E-state index < -0.39 is 0 Å². The largest absolute Gasteiger partial charge is 0.353 e. The molecular weight excluding hydrogens is 256 g/mol. The number of hydrogen-bond donors (Lipinski definition) is 1. The van der Waals surface area contributed by atoms with Crippen LogP contribution in [0.4, 0.5) is 0 Å². The van der Waals surface area contributed by atoms with Gasteiger partial charge < -0.3 is 14.7 Å². The molecule has 0 unspecified atom stereocenters. The van der Waals surface area contributed by atoms with Crippen molar-refractivity contribution >= 4 is 11.5 Å². The summed E-state index contributed by atoms with van der Waals surface area (Å²) in [4.78, 5) is 18.2. The third-order valence-corrected chi connectivity index (χ3v) is 3.68. The van der Waals surface area contributed by atoms with Gasteiger partial charge in [-0.3, -0.25) is 4.79 Å². The van der Waals surface area contributed by atoms with Crippen LogP contribution in [0.3, 0.4) is 0 Å². The first-order valence-corrected chi connectivity index (χ1v) is 7.20. The van der Waals surface area contributed by atoms with Gasteiger partial charge in [-0.25, -0.2) is 0 Å². The minimum absolute atomic E-state index is 0.0748. The van der Waals surface area contributed by atoms with E-state index in [4.69, 9.17) is 4.52 Å². The lowest BCUT2D eigenvalue weighted by Crippen LogP contribution is -2.25. The van der Waals surface area contributed by atoms with E-state index in [1.54, 1.807) is 0 Å². The lowest BCUT2D eigenvalue weighted by molar-refractivity contribution is -0.121. The van der Waals surface area contributed by atoms with Crippen LogP contribution in [-0.2, 0) is 11.2 Å². The summed E-state index contributed by atoms with van der Waals surface area (Å²) in [6, 6.07) is 0.408. The highest BCUT2D eigenvalue weighted by Crippen LogP contribution is 2.20. The van der Waals surface area contributed by atoms with Crippen LogP contribution in [0, 0.1) is 0 Å². The van der Waals surface area contributed by atoms with Gasteiger partial charge >= 0.3 is 0 Å². The molecule has 6 heteroatoms. The molecule has 2 heterocycles. The molecule has 6 nitrogen and oxygen atoms in total. The van der Waals surface area contributed by atoms with Crippen LogP contribution in [0.2, 0.25) is 0 Å². The first-order valence-electron chi connectivity index (χ1n) is 7.20. The van der Waals surface area contributed by atoms with Gasteiger partial charge in [0.2, 0.25) is 11.8 Å². The maximum absolute atomic E-state index is 11.6. The minimum Gasteiger partial charge on any atom is -0.353 e. The Bertz CT molecular complexity index is 519. The highest BCUT2D eigenvalue weighted by Gasteiger charge is 2.23. The molecular formula is C14H20N4O2. The van der Waals surface area contributed by atoms with Crippen molar-refractivity contribution in [3.63, 3.8) is 0 Å². The van der Waals surface area contributed by atoms with Crippen LogP contribution in [0.5, 0.6) is 0 Å². The number of carbonyl (C=O) groups excluding carboxylic acids is 1. The molecule has 1 saturated carbocycles. The molecule has 1 N–H and O–H groups in total. The molecule has 1 fully saturated rings. The fraction of sp³-hybridized carbons (Fsp3) is 0.643. The lowest BCUT2D eigenvalue weighted by Gasteiger charge is -2.19. The van der Waals surface area contributed by atoms with Crippen molar-refractivity contribution in [2.24, 2.45) is 0 Å². The van der Waals surface area contributed by atoms with Gasteiger partial charge in [-0.15, -0.1) is 0 Å². The maximum atomic E-state index is 11.6. The fourth-order valence-corrected chi connectivity index (χ4v) is 2.21. The van der Waals surface area contributed by atoms with E-state index in [2.05, 4.69) is 33.5 Å². The Morgan fingerprint density at radius 3 is 3.10 bits per heavy atom. The molecule has 2 aliphatic rings. The molecule has 1 aromatic heterocycles. The van der Waals surface area contributed by atoms with Crippen molar-refractivity contribution in [3.8, 4) is 0 Å². The first-order chi connectivity index (χ1) is 9.70. The molecule has 1 aromatic rings. The Morgan fingerprint density at radius 1 is 1.55 bits per heavy atom. The zero-order chi connectivity index (χ0) is 13.9. The number of aromatic nitrogens is 2. The SMILES string of the molecule is CN1CC=C(c2noc(CCC(=O)NC3CC3)n2)CC1. The standard InChI is InChI=1S/C14H20N4O2/c1-18-8-6-10(7-9-18)14-16-13(20-17-14)5-4-12(19)15-11-2-3-11/h6,11H,2-5,7-9H2,1H3,(H,15,19). The van der Waals surface area contributed by atoms with Crippen molar-refractivity contribution < 1.29 is 9.32 Å². The predicted octanol–water partition coefficient (Wildman–Crippen LogP) is 1.000. The summed E-state index contributed by atoms with van der Waals surface area (Å²) in [5.74, 6) is 1.30. The molecule has 1 aliphatic heterocycles. The van der Waals surface area contributed by atoms with E-state index >= 15 is 0 Å². The van der Waals surface area contributed by atoms with Crippen LogP contribution in [0.15, 0.2) is 10.6 Å². The predicted molar refractivity (Wildman–Crippen MR) is 73.9 cm³/mol. The van der Waals surface area contributed by atoms with Crippen molar-refractivity contribution in [2.75, 3.05) is 20.1 Å². The van der Waals surface area contributed by atoms with Gasteiger partial charge in [-0.05, 0) is 31.9 Å². The molecule has 108 valence electrons. The second kappa shape index (κ2) is 5.75. The summed E-state index contributed by atoms with van der Waals surface area (Å²) in [7, 11) is 2.09. The number of nitrogens with one attached hydrogen (secondary N) is 1. The summed E-state index contributed by atoms with van der Waals surface area (Å²) in [6.07, 6.45) is 6.23. The molecule has 1 amide bonds. The topological polar surface area (TPSA) is 71.3 Å². The Labute approximate surface area is 118 Å². The fourth-order valence-electron chi connectivity index (χ4n) is 2.21. The zero-order valence-electron chi connectivity index (χ0n) is 11.8. The quantitative estimate of drug-likeness (QED) is 0.868. The number of hydrogen-bond acceptors (Lipinski definition) is 5. The summed E-state index contributed by atoms with van der Waals surface area (Å²) in [5, 5.41) is 6.96. The van der Waals surface area contributed by atoms with Crippen LogP contribution >= 0.6 is 0 Å². The molecule has 3 rings (SSSR count). The van der Waals surface area contributed by atoms with Gasteiger partial charge in [0.15, 0.2) is 5.82 Å². The summed E-state index contributed by atoms with van der Waals surface area (Å²) < 4.78 is 5.22. The molecule has 0 bridgehead atoms. The number of nitrogens with zero attached hydrogens (tertiary/aromatic N) is 3. The average Bonchev–Trinajstić information content (AvgIpc) is 3.12. The molecule has 0 saturated heterocycles. The number of rotatable bonds is 5. The third kappa shape index (κ3) is 3.45. The molecule has 0 atom stereocenters. The Morgan fingerprint density at radius 2 is 2.40 bits per heavy atom. The van der Waals surface area contributed by atoms with Gasteiger partial charge in [0, 0.05) is 32.0 Å². The van der Waals surface area contributed by atoms with Crippen molar-refractivity contribution in [1.82, 2.24) is 20.4 Å². The molecule has 0 spiro atoms. The van der Waals surface area contributed by atoms with Gasteiger partial charge in [0.25, 0.3) is 0 Å². The maximum Gasteiger partial charge on any atom is 0.227 e. The van der Waals surface area contributed by atoms with E-state index in [-0.39, 0.29) is 5.91 Å². The van der Waals surface area contributed by atoms with Crippen molar-refractivity contribution in [1.29, 1.82) is 0 Å². The van der Waals surface area contributed by atoms with E-state index in [1.807, 2.05) is 0 Å². The van der Waals surface area contributed by atoms with Crippen LogP contribution in [-0.4, -0.2) is 47.1 Å². The second-order valence-electron chi connectivity index (χ2n) is 5.60. The van der Waals surface area contributed by atoms with Crippen LogP contribution in [0.25, 0.3) is 5.57 Å². The van der Waals surface area contributed by atoms with Gasteiger partial charge in [0.05, 0.1) is 0 Å². The normalized spacial score (nSPS) is 19.8. The highest BCUT2D eigenvalue weighted by molar-refractivity contribution is 5.76. The number of likely N-dealkylation sites (N-methyl/N-ethyl adjacent to an activating group) is 1.